The third-order valence-electron chi connectivity index (χ3n) is 6.31. The predicted octanol–water partition coefficient (Wildman–Crippen LogP) is 5.35. The van der Waals surface area contributed by atoms with Crippen LogP contribution in [0.3, 0.4) is 0 Å². The van der Waals surface area contributed by atoms with Crippen molar-refractivity contribution < 1.29 is 13.7 Å². The van der Waals surface area contributed by atoms with E-state index in [1.54, 1.807) is 5.06 Å². The van der Waals surface area contributed by atoms with Gasteiger partial charge in [0.15, 0.2) is 8.32 Å². The van der Waals surface area contributed by atoms with E-state index < -0.39 is 16.6 Å². The van der Waals surface area contributed by atoms with Crippen molar-refractivity contribution in [2.45, 2.75) is 96.9 Å². The number of amides is 1. The summed E-state index contributed by atoms with van der Waals surface area (Å²) in [7, 11) is -3.97. The van der Waals surface area contributed by atoms with E-state index in [1.807, 2.05) is 13.0 Å². The molecule has 0 saturated carbocycles. The summed E-state index contributed by atoms with van der Waals surface area (Å²) in [4.78, 5) is 12.8. The maximum atomic E-state index is 12.8. The van der Waals surface area contributed by atoms with Crippen molar-refractivity contribution in [3.05, 3.63) is 12.7 Å². The van der Waals surface area contributed by atoms with Crippen LogP contribution in [0.15, 0.2) is 12.7 Å². The summed E-state index contributed by atoms with van der Waals surface area (Å²) >= 11 is 0. The van der Waals surface area contributed by atoms with Crippen LogP contribution >= 0.6 is 0 Å². The topological polar surface area (TPSA) is 38.8 Å². The van der Waals surface area contributed by atoms with Crippen LogP contribution in [0.5, 0.6) is 0 Å². The lowest BCUT2D eigenvalue weighted by Gasteiger charge is -2.52. The van der Waals surface area contributed by atoms with E-state index in [2.05, 4.69) is 74.3 Å². The number of carbonyl (C=O) groups is 1. The van der Waals surface area contributed by atoms with Crippen molar-refractivity contribution in [3.8, 4) is 0 Å². The fourth-order valence-corrected chi connectivity index (χ4v) is 4.83. The molecule has 1 rings (SSSR count). The van der Waals surface area contributed by atoms with Crippen LogP contribution in [-0.4, -0.2) is 39.8 Å². The second-order valence-corrected chi connectivity index (χ2v) is 19.8. The Balaban J connectivity index is 2.90. The first-order chi connectivity index (χ1) is 11.0. The van der Waals surface area contributed by atoms with Crippen LogP contribution < -0.4 is 0 Å². The smallest absolute Gasteiger partial charge is 0.253 e. The highest BCUT2D eigenvalue weighted by atomic mass is 28.4. The van der Waals surface area contributed by atoms with E-state index in [-0.39, 0.29) is 34.0 Å². The first kappa shape index (κ1) is 22.6. The van der Waals surface area contributed by atoms with Gasteiger partial charge in [-0.05, 0) is 43.2 Å². The van der Waals surface area contributed by atoms with Gasteiger partial charge in [0, 0.05) is 0 Å². The fourth-order valence-electron chi connectivity index (χ4n) is 2.43. The number of hydrogen-bond acceptors (Lipinski definition) is 3. The van der Waals surface area contributed by atoms with E-state index in [4.69, 9.17) is 8.95 Å². The Kier molecular flexibility index (Phi) is 6.28. The van der Waals surface area contributed by atoms with Gasteiger partial charge in [0.25, 0.3) is 5.91 Å². The van der Waals surface area contributed by atoms with Gasteiger partial charge in [0.2, 0.25) is 8.32 Å². The summed E-state index contributed by atoms with van der Waals surface area (Å²) in [6.45, 7) is 27.9. The highest BCUT2D eigenvalue weighted by Crippen LogP contribution is 2.43. The minimum absolute atomic E-state index is 0.0286. The Morgan fingerprint density at radius 1 is 1.04 bits per heavy atom. The number of carbonyl (C=O) groups excluding carboxylic acids is 1. The maximum absolute atomic E-state index is 12.8. The van der Waals surface area contributed by atoms with Crippen molar-refractivity contribution in [2.24, 2.45) is 5.92 Å². The molecular formula is C19H39NO3Si2. The van der Waals surface area contributed by atoms with Crippen LogP contribution in [0.2, 0.25) is 36.3 Å². The SMILES string of the molecule is C=C[C@@H]1[C@@H]([C@@H](C)O[Si](C)(C)C(C)(C)C)C(=O)N1O[Si](C)(C)C(C)(C)C. The Bertz CT molecular complexity index is 518. The number of β-lactam (4-membered cyclic amide) rings is 1. The second-order valence-electron chi connectivity index (χ2n) is 10.4. The number of nitrogens with zero attached hydrogens (tertiary/aromatic N) is 1. The van der Waals surface area contributed by atoms with E-state index in [0.717, 1.165) is 0 Å². The van der Waals surface area contributed by atoms with Gasteiger partial charge in [-0.3, -0.25) is 4.79 Å². The molecule has 1 saturated heterocycles. The Morgan fingerprint density at radius 2 is 1.48 bits per heavy atom. The van der Waals surface area contributed by atoms with Crippen LogP contribution in [0.25, 0.3) is 0 Å². The molecule has 0 aromatic carbocycles. The molecule has 1 aliphatic rings. The van der Waals surface area contributed by atoms with Gasteiger partial charge in [-0.15, -0.1) is 6.58 Å². The van der Waals surface area contributed by atoms with E-state index in [0.29, 0.717) is 0 Å². The third-order valence-corrected chi connectivity index (χ3v) is 15.1. The normalized spacial score (nSPS) is 24.1. The summed E-state index contributed by atoms with van der Waals surface area (Å²) in [5.41, 5.74) is 0. The van der Waals surface area contributed by atoms with Crippen molar-refractivity contribution >= 4 is 22.5 Å². The monoisotopic (exact) mass is 385 g/mol. The molecule has 0 aromatic rings. The molecular weight excluding hydrogens is 346 g/mol. The van der Waals surface area contributed by atoms with Crippen LogP contribution in [-0.2, 0) is 13.7 Å². The first-order valence-electron chi connectivity index (χ1n) is 9.29. The predicted molar refractivity (Wildman–Crippen MR) is 110 cm³/mol. The first-order valence-corrected chi connectivity index (χ1v) is 15.1. The van der Waals surface area contributed by atoms with Gasteiger partial charge in [0.1, 0.15) is 0 Å². The molecule has 0 aromatic heterocycles. The Morgan fingerprint density at radius 3 is 1.84 bits per heavy atom. The largest absolute Gasteiger partial charge is 0.413 e. The Labute approximate surface area is 157 Å². The molecule has 0 N–H and O–H groups in total. The summed E-state index contributed by atoms with van der Waals surface area (Å²) in [6, 6.07) is -0.110. The maximum Gasteiger partial charge on any atom is 0.253 e. The summed E-state index contributed by atoms with van der Waals surface area (Å²) < 4.78 is 12.7. The molecule has 0 unspecified atom stereocenters. The third kappa shape index (κ3) is 4.46. The minimum atomic E-state index is -2.05. The summed E-state index contributed by atoms with van der Waals surface area (Å²) in [6.07, 6.45) is 1.70. The van der Waals surface area contributed by atoms with Gasteiger partial charge in [-0.1, -0.05) is 47.6 Å². The zero-order valence-electron chi connectivity index (χ0n) is 18.2. The van der Waals surface area contributed by atoms with Crippen LogP contribution in [0, 0.1) is 5.92 Å². The fraction of sp³-hybridized carbons (Fsp3) is 0.842. The van der Waals surface area contributed by atoms with Gasteiger partial charge in [-0.25, -0.2) is 5.06 Å². The molecule has 6 heteroatoms. The Hall–Kier alpha value is -0.436. The molecule has 0 aliphatic carbocycles. The molecule has 3 atom stereocenters. The molecule has 0 spiro atoms. The highest BCUT2D eigenvalue weighted by molar-refractivity contribution is 6.74. The van der Waals surface area contributed by atoms with Gasteiger partial charge >= 0.3 is 0 Å². The molecule has 4 nitrogen and oxygen atoms in total. The van der Waals surface area contributed by atoms with E-state index >= 15 is 0 Å². The lowest BCUT2D eigenvalue weighted by Crippen LogP contribution is -2.67. The molecule has 146 valence electrons. The lowest BCUT2D eigenvalue weighted by atomic mass is 9.85. The molecule has 0 bridgehead atoms. The molecule has 0 radical (unpaired) electrons. The van der Waals surface area contributed by atoms with Crippen molar-refractivity contribution in [1.29, 1.82) is 0 Å². The zero-order chi connectivity index (χ0) is 20.0. The van der Waals surface area contributed by atoms with Crippen LogP contribution in [0.4, 0.5) is 0 Å². The average molecular weight is 386 g/mol. The van der Waals surface area contributed by atoms with Gasteiger partial charge < -0.3 is 8.95 Å². The second kappa shape index (κ2) is 6.94. The average Bonchev–Trinajstić information content (AvgIpc) is 2.38. The lowest BCUT2D eigenvalue weighted by molar-refractivity contribution is -0.210. The number of rotatable bonds is 6. The minimum Gasteiger partial charge on any atom is -0.413 e. The van der Waals surface area contributed by atoms with Gasteiger partial charge in [-0.2, -0.15) is 0 Å². The molecule has 1 heterocycles. The van der Waals surface area contributed by atoms with Crippen molar-refractivity contribution in [1.82, 2.24) is 5.06 Å². The quantitative estimate of drug-likeness (QED) is 0.351. The summed E-state index contributed by atoms with van der Waals surface area (Å²) in [5.74, 6) is -0.169. The standard InChI is InChI=1S/C19H39NO3Si2/c1-13-15-16(14(2)22-24(9,10)18(3,4)5)17(21)20(15)23-25(11,12)19(6,7)8/h13-16H,1H2,2-12H3/t14-,15-,16-/m1/s1. The zero-order valence-corrected chi connectivity index (χ0v) is 20.2. The van der Waals surface area contributed by atoms with E-state index in [1.165, 1.54) is 0 Å². The highest BCUT2D eigenvalue weighted by Gasteiger charge is 2.54. The summed E-state index contributed by atoms with van der Waals surface area (Å²) in [5, 5.41) is 1.73. The molecule has 25 heavy (non-hydrogen) atoms. The van der Waals surface area contributed by atoms with E-state index in [9.17, 15) is 4.79 Å². The van der Waals surface area contributed by atoms with Crippen molar-refractivity contribution in [3.63, 3.8) is 0 Å². The van der Waals surface area contributed by atoms with Crippen molar-refractivity contribution in [2.75, 3.05) is 0 Å². The number of hydrogen-bond donors (Lipinski definition) is 0. The molecule has 1 amide bonds. The molecule has 1 fully saturated rings. The van der Waals surface area contributed by atoms with Crippen LogP contribution in [0.1, 0.15) is 48.5 Å². The molecule has 1 aliphatic heterocycles. The van der Waals surface area contributed by atoms with Gasteiger partial charge in [0.05, 0.1) is 18.1 Å². The number of hydroxylamine groups is 2.